The molecule has 0 saturated carbocycles. The molecule has 0 bridgehead atoms. The van der Waals surface area contributed by atoms with Gasteiger partial charge in [-0.05, 0) is 367 Å². The fraction of sp³-hybridized carbons (Fsp3) is 0.0219. The van der Waals surface area contributed by atoms with E-state index in [-0.39, 0.29) is 5.41 Å². The van der Waals surface area contributed by atoms with E-state index in [2.05, 4.69) is 487 Å². The molecule has 0 spiro atoms. The van der Waals surface area contributed by atoms with Crippen LogP contribution in [0.5, 0.6) is 0 Å². The second kappa shape index (κ2) is 29.8. The van der Waals surface area contributed by atoms with Crippen LogP contribution in [-0.4, -0.2) is 0 Å². The summed E-state index contributed by atoms with van der Waals surface area (Å²) in [4.78, 5) is 0. The van der Waals surface area contributed by atoms with Crippen LogP contribution in [0.1, 0.15) is 25.0 Å². The van der Waals surface area contributed by atoms with Crippen molar-refractivity contribution in [2.24, 2.45) is 0 Å². The lowest BCUT2D eigenvalue weighted by molar-refractivity contribution is 0.660. The van der Waals surface area contributed by atoms with Gasteiger partial charge >= 0.3 is 0 Å². The second-order valence-electron chi connectivity index (χ2n) is 38.6. The molecule has 0 N–H and O–H groups in total. The molecule has 632 valence electrons. The Morgan fingerprint density at radius 1 is 0.109 bits per heavy atom. The van der Waals surface area contributed by atoms with Gasteiger partial charge in [-0.15, -0.1) is 0 Å². The highest BCUT2D eigenvalue weighted by Gasteiger charge is 2.36. The van der Waals surface area contributed by atoms with Crippen molar-refractivity contribution >= 4 is 151 Å². The lowest BCUT2D eigenvalue weighted by atomic mass is 9.81. The van der Waals surface area contributed by atoms with Crippen LogP contribution in [0.25, 0.3) is 295 Å². The summed E-state index contributed by atoms with van der Waals surface area (Å²) >= 11 is 0. The molecule has 4 aliphatic rings. The largest absolute Gasteiger partial charge is 0.0619 e. The molecule has 0 aromatic heterocycles. The number of benzene rings is 27. The maximum absolute atomic E-state index is 2.44. The van der Waals surface area contributed by atoms with Gasteiger partial charge < -0.3 is 0 Å². The van der Waals surface area contributed by atoms with E-state index in [1.807, 2.05) is 0 Å². The lowest BCUT2D eigenvalue weighted by Gasteiger charge is -2.22. The van der Waals surface area contributed by atoms with E-state index in [4.69, 9.17) is 0 Å². The molecule has 27 aromatic rings. The highest BCUT2D eigenvalue weighted by atomic mass is 14.4. The Hall–Kier alpha value is -17.4. The fourth-order valence-electron chi connectivity index (χ4n) is 24.6. The average Bonchev–Trinajstić information content (AvgIpc) is 1.59. The molecule has 0 heterocycles. The standard InChI is InChI=1S/C48H28.C45H30.C44H26/c1-2-9-34-31(8-1)20-23-41-43-15-7-14-42-40-25-22-33(27-45(40)47(48(42)43)28-46(34)41)30-18-16-29(17-19-30)32-21-24-39-37-12-4-3-10-35(37)36-11-5-6-13-38(36)44(39)26-32;1-45(2)42-16-6-5-13-35(42)36-22-19-31(25-43(36)45)29-11-7-10-28(23-29)30-18-21-33-37-14-8-15-38-34-20-17-27-9-3-4-12-32(27)40(34)26-41(44(37)38)39(33)24-30;1-2-9-32-31(8-1)26-43-42-25-30(21-23-38(42)40-15-7-14-39(32)44(40)43)28-18-16-27(17-19-28)29-20-22-37-35-12-4-3-10-33(35)34-11-5-6-13-36(34)41(37)24-29/h1-28H;3-26H,1-2H3;1-26H. The molecule has 0 saturated heterocycles. The van der Waals surface area contributed by atoms with Gasteiger partial charge in [-0.2, -0.15) is 0 Å². The quantitative estimate of drug-likeness (QED) is 0.146. The first-order chi connectivity index (χ1) is 67.7. The van der Waals surface area contributed by atoms with E-state index >= 15 is 0 Å². The van der Waals surface area contributed by atoms with Crippen LogP contribution in [0, 0.1) is 0 Å². The molecule has 27 aromatic carbocycles. The van der Waals surface area contributed by atoms with Crippen molar-refractivity contribution in [3.63, 3.8) is 0 Å². The molecule has 4 aliphatic carbocycles. The van der Waals surface area contributed by atoms with Gasteiger partial charge in [0.25, 0.3) is 0 Å². The first-order valence-electron chi connectivity index (χ1n) is 48.0. The van der Waals surface area contributed by atoms with Gasteiger partial charge in [0, 0.05) is 5.41 Å². The summed E-state index contributed by atoms with van der Waals surface area (Å²) < 4.78 is 0. The zero-order valence-electron chi connectivity index (χ0n) is 75.5. The van der Waals surface area contributed by atoms with Gasteiger partial charge in [0.05, 0.1) is 0 Å². The number of rotatable bonds is 6. The Labute approximate surface area is 793 Å². The lowest BCUT2D eigenvalue weighted by Crippen LogP contribution is -2.14. The van der Waals surface area contributed by atoms with E-state index < -0.39 is 0 Å². The summed E-state index contributed by atoms with van der Waals surface area (Å²) in [7, 11) is 0. The summed E-state index contributed by atoms with van der Waals surface area (Å²) in [6.07, 6.45) is 0. The molecular formula is C137H84. The minimum atomic E-state index is -0.00888. The van der Waals surface area contributed by atoms with Crippen molar-refractivity contribution in [3.05, 3.63) is 484 Å². The van der Waals surface area contributed by atoms with E-state index in [0.717, 1.165) is 0 Å². The van der Waals surface area contributed by atoms with Crippen molar-refractivity contribution in [1.29, 1.82) is 0 Å². The zero-order valence-corrected chi connectivity index (χ0v) is 75.5. The Balaban J connectivity index is 0.0000000995. The molecule has 0 unspecified atom stereocenters. The first kappa shape index (κ1) is 77.2. The first-order valence-corrected chi connectivity index (χ1v) is 48.0. The van der Waals surface area contributed by atoms with Crippen LogP contribution >= 0.6 is 0 Å². The second-order valence-corrected chi connectivity index (χ2v) is 38.6. The smallest absolute Gasteiger partial charge is 0.0159 e. The average molecular weight is 1730 g/mol. The molecule has 0 fully saturated rings. The maximum Gasteiger partial charge on any atom is 0.0159 e. The zero-order chi connectivity index (χ0) is 90.0. The number of hydrogen-bond donors (Lipinski definition) is 0. The van der Waals surface area contributed by atoms with Crippen LogP contribution < -0.4 is 0 Å². The molecule has 0 aliphatic heterocycles. The fourth-order valence-corrected chi connectivity index (χ4v) is 24.6. The van der Waals surface area contributed by atoms with E-state index in [9.17, 15) is 0 Å². The number of fused-ring (bicyclic) bond motifs is 34. The van der Waals surface area contributed by atoms with Crippen LogP contribution in [0.3, 0.4) is 0 Å². The topological polar surface area (TPSA) is 0 Å². The third-order valence-corrected chi connectivity index (χ3v) is 31.2. The third kappa shape index (κ3) is 11.7. The van der Waals surface area contributed by atoms with Crippen LogP contribution in [-0.2, 0) is 5.41 Å². The summed E-state index contributed by atoms with van der Waals surface area (Å²) in [6, 6.07) is 176. The summed E-state index contributed by atoms with van der Waals surface area (Å²) in [5, 5.41) is 37.0. The van der Waals surface area contributed by atoms with Gasteiger partial charge in [0.1, 0.15) is 0 Å². The predicted molar refractivity (Wildman–Crippen MR) is 588 cm³/mol. The molecule has 0 amide bonds. The Morgan fingerprint density at radius 2 is 0.358 bits per heavy atom. The van der Waals surface area contributed by atoms with Crippen LogP contribution in [0.2, 0.25) is 0 Å². The SMILES string of the molecule is CC1(C)c2ccccc2-c2ccc(-c3cccc(-c4ccc5c(c4)-c4cc6c7ccccc7ccc6c6cccc-5c46)c3)cc21.c1ccc2c(c1)cc1c3c(cccc32)-c2ccc(-c3ccc(-c4ccc5c6ccccc6c6ccccc6c5c4)cc3)cc2-1.c1ccc2c(c1)ccc1c3cccc4c3c(cc21)-c1cc(-c2ccc(-c3ccc5c6ccccc6c6ccccc6c5c3)cc2)ccc1-4. The van der Waals surface area contributed by atoms with Crippen LogP contribution in [0.15, 0.2) is 473 Å². The summed E-state index contributed by atoms with van der Waals surface area (Å²) in [5.74, 6) is 0. The Kier molecular flexibility index (Phi) is 16.8. The molecular weight excluding hydrogens is 1650 g/mol. The molecule has 0 atom stereocenters. The molecule has 31 rings (SSSR count). The molecule has 0 radical (unpaired) electrons. The molecule has 137 heavy (non-hydrogen) atoms. The van der Waals surface area contributed by atoms with Crippen molar-refractivity contribution in [2.45, 2.75) is 19.3 Å². The highest BCUT2D eigenvalue weighted by Crippen LogP contribution is 2.57. The Bertz CT molecular complexity index is 9920. The summed E-state index contributed by atoms with van der Waals surface area (Å²) in [5.41, 5.74) is 36.5. The van der Waals surface area contributed by atoms with Crippen molar-refractivity contribution < 1.29 is 0 Å². The summed E-state index contributed by atoms with van der Waals surface area (Å²) in [6.45, 7) is 4.71. The minimum Gasteiger partial charge on any atom is -0.0619 e. The van der Waals surface area contributed by atoms with Gasteiger partial charge in [-0.3, -0.25) is 0 Å². The minimum absolute atomic E-state index is 0.00888. The molecule has 0 nitrogen and oxygen atoms in total. The van der Waals surface area contributed by atoms with E-state index in [1.165, 1.54) is 307 Å². The van der Waals surface area contributed by atoms with Gasteiger partial charge in [-0.25, -0.2) is 0 Å². The van der Waals surface area contributed by atoms with Crippen LogP contribution in [0.4, 0.5) is 0 Å². The van der Waals surface area contributed by atoms with E-state index in [0.29, 0.717) is 0 Å². The van der Waals surface area contributed by atoms with E-state index in [1.54, 1.807) is 0 Å². The van der Waals surface area contributed by atoms with Crippen molar-refractivity contribution in [1.82, 2.24) is 0 Å². The van der Waals surface area contributed by atoms with Gasteiger partial charge in [0.2, 0.25) is 0 Å². The van der Waals surface area contributed by atoms with Crippen molar-refractivity contribution in [2.75, 3.05) is 0 Å². The monoisotopic (exact) mass is 1730 g/mol. The maximum atomic E-state index is 2.44. The molecule has 0 heteroatoms. The number of hydrogen-bond acceptors (Lipinski definition) is 0. The van der Waals surface area contributed by atoms with Crippen molar-refractivity contribution in [3.8, 4) is 145 Å². The van der Waals surface area contributed by atoms with Gasteiger partial charge in [0.15, 0.2) is 0 Å². The predicted octanol–water partition coefficient (Wildman–Crippen LogP) is 38.5. The Morgan fingerprint density at radius 3 is 0.781 bits per heavy atom. The third-order valence-electron chi connectivity index (χ3n) is 31.2. The highest BCUT2D eigenvalue weighted by molar-refractivity contribution is 6.32. The van der Waals surface area contributed by atoms with Gasteiger partial charge in [-0.1, -0.05) is 426 Å². The normalized spacial score (nSPS) is 12.7.